The van der Waals surface area contributed by atoms with Crippen LogP contribution in [0.4, 0.5) is 18.9 Å². The first kappa shape index (κ1) is 17.0. The summed E-state index contributed by atoms with van der Waals surface area (Å²) < 4.78 is 42.9. The molecule has 1 amide bonds. The number of H-pyrrole nitrogens is 1. The molecule has 0 aliphatic carbocycles. The smallest absolute Gasteiger partial charge is 0.408 e. The van der Waals surface area contributed by atoms with Crippen molar-refractivity contribution < 1.29 is 22.7 Å². The van der Waals surface area contributed by atoms with Gasteiger partial charge in [-0.2, -0.15) is 18.3 Å². The summed E-state index contributed by atoms with van der Waals surface area (Å²) >= 11 is 1.24. The molecule has 0 atom stereocenters. The maximum Gasteiger partial charge on any atom is 0.408 e. The lowest BCUT2D eigenvalue weighted by atomic mass is 10.4. The van der Waals surface area contributed by atoms with Gasteiger partial charge in [0.25, 0.3) is 11.8 Å². The van der Waals surface area contributed by atoms with Crippen LogP contribution in [0.25, 0.3) is 10.6 Å². The number of aromatic amines is 1. The van der Waals surface area contributed by atoms with E-state index in [-0.39, 0.29) is 17.3 Å². The van der Waals surface area contributed by atoms with E-state index in [1.807, 2.05) is 0 Å². The molecule has 3 aromatic heterocycles. The number of amides is 1. The maximum absolute atomic E-state index is 12.4. The van der Waals surface area contributed by atoms with Gasteiger partial charge in [-0.15, -0.1) is 16.4 Å². The van der Waals surface area contributed by atoms with Gasteiger partial charge in [0.05, 0.1) is 19.5 Å². The van der Waals surface area contributed by atoms with Crippen molar-refractivity contribution in [2.24, 2.45) is 0 Å². The van der Waals surface area contributed by atoms with Crippen molar-refractivity contribution in [3.63, 3.8) is 0 Å². The summed E-state index contributed by atoms with van der Waals surface area (Å²) in [4.78, 5) is 16.4. The second-order valence-corrected chi connectivity index (χ2v) is 5.70. The third-order valence-corrected chi connectivity index (χ3v) is 3.88. The van der Waals surface area contributed by atoms with E-state index in [4.69, 9.17) is 4.74 Å². The third kappa shape index (κ3) is 3.96. The normalized spacial score (nSPS) is 11.5. The Balaban J connectivity index is 1.76. The van der Waals surface area contributed by atoms with Crippen LogP contribution in [0.1, 0.15) is 10.5 Å². The number of methoxy groups -OCH3 is 1. The van der Waals surface area contributed by atoms with Gasteiger partial charge in [-0.25, -0.2) is 4.98 Å². The third-order valence-electron chi connectivity index (χ3n) is 2.99. The molecule has 25 heavy (non-hydrogen) atoms. The van der Waals surface area contributed by atoms with Crippen molar-refractivity contribution in [1.29, 1.82) is 0 Å². The minimum atomic E-state index is -4.44. The Labute approximate surface area is 142 Å². The van der Waals surface area contributed by atoms with Crippen molar-refractivity contribution in [3.05, 3.63) is 29.7 Å². The first-order chi connectivity index (χ1) is 11.9. The van der Waals surface area contributed by atoms with Gasteiger partial charge in [-0.05, 0) is 0 Å². The van der Waals surface area contributed by atoms with E-state index in [1.165, 1.54) is 23.8 Å². The highest BCUT2D eigenvalue weighted by Crippen LogP contribution is 2.27. The van der Waals surface area contributed by atoms with E-state index in [9.17, 15) is 18.0 Å². The van der Waals surface area contributed by atoms with E-state index in [1.54, 1.807) is 12.4 Å². The predicted octanol–water partition coefficient (Wildman–Crippen LogP) is 2.55. The largest absolute Gasteiger partial charge is 0.478 e. The van der Waals surface area contributed by atoms with Gasteiger partial charge in [0.2, 0.25) is 0 Å². The van der Waals surface area contributed by atoms with Gasteiger partial charge in [0, 0.05) is 17.1 Å². The van der Waals surface area contributed by atoms with E-state index in [0.29, 0.717) is 9.69 Å². The Bertz CT molecular complexity index is 871. The Morgan fingerprint density at radius 3 is 2.92 bits per heavy atom. The average Bonchev–Trinajstić information content (AvgIpc) is 3.25. The molecule has 132 valence electrons. The molecule has 2 N–H and O–H groups in total. The Morgan fingerprint density at radius 2 is 2.28 bits per heavy atom. The fourth-order valence-corrected chi connectivity index (χ4v) is 2.75. The van der Waals surface area contributed by atoms with Gasteiger partial charge in [0.1, 0.15) is 22.9 Å². The number of rotatable bonds is 5. The Kier molecular flexibility index (Phi) is 4.44. The average molecular weight is 372 g/mol. The van der Waals surface area contributed by atoms with Gasteiger partial charge in [-0.3, -0.25) is 14.6 Å². The van der Waals surface area contributed by atoms with Crippen LogP contribution in [0.3, 0.4) is 0 Å². The van der Waals surface area contributed by atoms with Crippen molar-refractivity contribution in [2.45, 2.75) is 12.7 Å². The van der Waals surface area contributed by atoms with Crippen LogP contribution in [-0.4, -0.2) is 44.2 Å². The number of alkyl halides is 3. The second kappa shape index (κ2) is 6.55. The molecule has 3 rings (SSSR count). The number of carbonyl (C=O) groups is 1. The van der Waals surface area contributed by atoms with Gasteiger partial charge < -0.3 is 10.1 Å². The minimum Gasteiger partial charge on any atom is -0.478 e. The number of carbonyl (C=O) groups excluding carboxylic acids is 1. The van der Waals surface area contributed by atoms with Crippen LogP contribution in [0.2, 0.25) is 0 Å². The summed E-state index contributed by atoms with van der Waals surface area (Å²) in [7, 11) is 1.25. The zero-order valence-corrected chi connectivity index (χ0v) is 13.5. The highest BCUT2D eigenvalue weighted by Gasteiger charge is 2.29. The summed E-state index contributed by atoms with van der Waals surface area (Å²) in [6, 6.07) is 0. The highest BCUT2D eigenvalue weighted by molar-refractivity contribution is 7.13. The quantitative estimate of drug-likeness (QED) is 0.717. The molecule has 0 aromatic carbocycles. The number of hydrogen-bond donors (Lipinski definition) is 2. The van der Waals surface area contributed by atoms with Crippen molar-refractivity contribution in [3.8, 4) is 16.5 Å². The van der Waals surface area contributed by atoms with Gasteiger partial charge in [0.15, 0.2) is 0 Å². The molecular formula is C13H11F3N6O2S. The van der Waals surface area contributed by atoms with Gasteiger partial charge >= 0.3 is 6.18 Å². The zero-order valence-electron chi connectivity index (χ0n) is 12.7. The summed E-state index contributed by atoms with van der Waals surface area (Å²) in [5, 5.41) is 14.6. The SMILES string of the molecule is COc1nn(CC(F)(F)F)cc1NC(=O)c1csc(-c2cn[nH]c2)n1. The molecule has 0 aliphatic heterocycles. The molecule has 0 spiro atoms. The molecule has 3 aromatic rings. The first-order valence-corrected chi connectivity index (χ1v) is 7.68. The lowest BCUT2D eigenvalue weighted by Gasteiger charge is -2.04. The number of nitrogens with one attached hydrogen (secondary N) is 2. The monoisotopic (exact) mass is 372 g/mol. The maximum atomic E-state index is 12.4. The number of hydrogen-bond acceptors (Lipinski definition) is 6. The van der Waals surface area contributed by atoms with Crippen molar-refractivity contribution in [2.75, 3.05) is 12.4 Å². The summed E-state index contributed by atoms with van der Waals surface area (Å²) in [5.41, 5.74) is 0.862. The topological polar surface area (TPSA) is 97.7 Å². The molecule has 0 bridgehead atoms. The molecule has 8 nitrogen and oxygen atoms in total. The molecule has 0 fully saturated rings. The molecule has 0 radical (unpaired) electrons. The summed E-state index contributed by atoms with van der Waals surface area (Å²) in [6.07, 6.45) is -0.199. The number of ether oxygens (including phenoxy) is 1. The van der Waals surface area contributed by atoms with E-state index in [2.05, 4.69) is 25.6 Å². The summed E-state index contributed by atoms with van der Waals surface area (Å²) in [6.45, 7) is -1.29. The zero-order chi connectivity index (χ0) is 18.0. The van der Waals surface area contributed by atoms with Crippen LogP contribution in [0, 0.1) is 0 Å². The number of anilines is 1. The van der Waals surface area contributed by atoms with Crippen LogP contribution in [-0.2, 0) is 6.54 Å². The lowest BCUT2D eigenvalue weighted by Crippen LogP contribution is -2.18. The number of aromatic nitrogens is 5. The molecule has 12 heteroatoms. The van der Waals surface area contributed by atoms with Crippen LogP contribution < -0.4 is 10.1 Å². The van der Waals surface area contributed by atoms with Crippen LogP contribution in [0.15, 0.2) is 24.0 Å². The molecule has 0 saturated carbocycles. The van der Waals surface area contributed by atoms with E-state index >= 15 is 0 Å². The predicted molar refractivity (Wildman–Crippen MR) is 82.5 cm³/mol. The second-order valence-electron chi connectivity index (χ2n) is 4.84. The molecule has 3 heterocycles. The lowest BCUT2D eigenvalue weighted by molar-refractivity contribution is -0.142. The number of nitrogens with zero attached hydrogens (tertiary/aromatic N) is 4. The first-order valence-electron chi connectivity index (χ1n) is 6.80. The fraction of sp³-hybridized carbons (Fsp3) is 0.231. The minimum absolute atomic E-state index is 0.0228. The van der Waals surface area contributed by atoms with Crippen LogP contribution in [0.5, 0.6) is 5.88 Å². The molecular weight excluding hydrogens is 361 g/mol. The molecule has 0 unspecified atom stereocenters. The fourth-order valence-electron chi connectivity index (χ4n) is 1.97. The standard InChI is InChI=1S/C13H11F3N6O2S/c1-24-11-8(4-22(21-11)6-13(14,15)16)19-10(23)9-5-25-12(20-9)7-2-17-18-3-7/h2-5H,6H2,1H3,(H,17,18)(H,19,23). The molecule has 0 aliphatic rings. The van der Waals surface area contributed by atoms with Crippen molar-refractivity contribution >= 4 is 22.9 Å². The van der Waals surface area contributed by atoms with Crippen molar-refractivity contribution in [1.82, 2.24) is 25.0 Å². The van der Waals surface area contributed by atoms with Gasteiger partial charge in [-0.1, -0.05) is 0 Å². The van der Waals surface area contributed by atoms with E-state index in [0.717, 1.165) is 11.8 Å². The van der Waals surface area contributed by atoms with E-state index < -0.39 is 18.6 Å². The Hall–Kier alpha value is -2.89. The highest BCUT2D eigenvalue weighted by atomic mass is 32.1. The molecule has 0 saturated heterocycles. The van der Waals surface area contributed by atoms with Crippen LogP contribution >= 0.6 is 11.3 Å². The Morgan fingerprint density at radius 1 is 1.48 bits per heavy atom. The summed E-state index contributed by atoms with van der Waals surface area (Å²) in [5.74, 6) is -0.709. The number of halogens is 3. The number of thiazole rings is 1.